The second-order valence-electron chi connectivity index (χ2n) is 37.9. The van der Waals surface area contributed by atoms with Crippen LogP contribution in [-0.2, 0) is 104 Å². The molecule has 3 aromatic heterocycles. The number of H-pyrrole nitrogens is 2. The summed E-state index contributed by atoms with van der Waals surface area (Å²) >= 11 is 0. The van der Waals surface area contributed by atoms with E-state index in [0.29, 0.717) is 74.2 Å². The van der Waals surface area contributed by atoms with Crippen LogP contribution in [0.5, 0.6) is 17.2 Å². The Labute approximate surface area is 798 Å². The fourth-order valence-corrected chi connectivity index (χ4v) is 15.7. The first kappa shape index (κ1) is 104. The Morgan fingerprint density at radius 2 is 0.963 bits per heavy atom. The molecule has 8 amide bonds. The molecule has 36 heteroatoms. The van der Waals surface area contributed by atoms with Crippen LogP contribution in [0.25, 0.3) is 89.7 Å². The number of anilines is 1. The van der Waals surface area contributed by atoms with Gasteiger partial charge in [0, 0.05) is 81.5 Å². The Morgan fingerprint density at radius 3 is 1.53 bits per heavy atom. The van der Waals surface area contributed by atoms with Crippen molar-refractivity contribution in [3.63, 3.8) is 0 Å². The molecule has 0 aliphatic carbocycles. The number of carboxylic acid groups (broad SMARTS) is 1. The van der Waals surface area contributed by atoms with Crippen LogP contribution in [-0.4, -0.2) is 201 Å². The van der Waals surface area contributed by atoms with E-state index in [9.17, 15) is 53.4 Å². The second-order valence-corrected chi connectivity index (χ2v) is 37.9. The molecule has 6 aromatic carbocycles. The fraction of sp³-hybridized carbons (Fsp3) is 0.455. The number of ether oxygens (including phenoxy) is 5. The number of carbonyl (C=O) groups excluding carboxylic acids is 9. The molecule has 8 bridgehead atoms. The molecule has 35 nitrogen and oxygen atoms in total. The SMILES string of the molecule is CC(C)C[C@H](NC(=O)[C@H](CC(C)C)NC(=O)[C@H](CCCNC(=N)N)NC(=O)[C@H](C)NC(=O)C[C@@H](NC(=O)CCOCCOCCOCCNC(=O)COCC(=O)Nc1ccc(Oc2ccc3c(c2)-c2nc-3nc3[nH]c(nc4nc(nc5[nH]c(n2)c2c(C(C)(C)C)cccc52)-c2cccc(C(C)(C)C)c2-4)c2cccc(C(C)(C)C)c32)cc1)C(C)C)C(=O)N[C@@H](Cc1ccc([O-])cc1)C(=O)[O-].[Zn+2]. The van der Waals surface area contributed by atoms with E-state index in [1.54, 1.807) is 38.1 Å². The number of aliphatic carboxylic acids is 1. The van der Waals surface area contributed by atoms with E-state index in [-0.39, 0.29) is 175 Å². The zero-order valence-corrected chi connectivity index (χ0v) is 82.7. The first-order valence-corrected chi connectivity index (χ1v) is 45.4. The third-order valence-electron chi connectivity index (χ3n) is 22.5. The quantitative estimate of drug-likeness (QED) is 0.00732. The molecule has 2 aliphatic heterocycles. The summed E-state index contributed by atoms with van der Waals surface area (Å²) in [7, 11) is 0. The summed E-state index contributed by atoms with van der Waals surface area (Å²) in [4.78, 5) is 160. The number of rotatable bonds is 43. The molecule has 2 aliphatic rings. The van der Waals surface area contributed by atoms with Crippen LogP contribution in [0.1, 0.15) is 172 Å². The van der Waals surface area contributed by atoms with E-state index in [1.807, 2.05) is 52.0 Å². The molecular formula is C99H125N19O16Zn. The van der Waals surface area contributed by atoms with Crippen molar-refractivity contribution in [1.82, 2.24) is 82.4 Å². The minimum Gasteiger partial charge on any atom is -0.872 e. The van der Waals surface area contributed by atoms with Gasteiger partial charge in [-0.05, 0) is 138 Å². The number of guanidine groups is 1. The summed E-state index contributed by atoms with van der Waals surface area (Å²) in [6, 6.07) is 29.6. The number of nitrogens with two attached hydrogens (primary N) is 1. The number of fused-ring (bicyclic) bond motifs is 20. The predicted octanol–water partition coefficient (Wildman–Crippen LogP) is 9.46. The monoisotopic (exact) mass is 1900 g/mol. The van der Waals surface area contributed by atoms with Gasteiger partial charge in [-0.1, -0.05) is 183 Å². The van der Waals surface area contributed by atoms with E-state index in [0.717, 1.165) is 54.9 Å². The van der Waals surface area contributed by atoms with Crippen molar-refractivity contribution in [2.75, 3.05) is 71.3 Å². The second kappa shape index (κ2) is 46.9. The van der Waals surface area contributed by atoms with E-state index >= 15 is 0 Å². The summed E-state index contributed by atoms with van der Waals surface area (Å²) in [5.41, 5.74) is 14.3. The number of hydrogen-bond donors (Lipinski definition) is 13. The Hall–Kier alpha value is -12.8. The van der Waals surface area contributed by atoms with Crippen molar-refractivity contribution in [2.24, 2.45) is 23.5 Å². The maximum absolute atomic E-state index is 14.2. The van der Waals surface area contributed by atoms with Crippen molar-refractivity contribution in [3.8, 4) is 62.8 Å². The number of aromatic nitrogens is 8. The Bertz CT molecular complexity index is 5940. The molecule has 135 heavy (non-hydrogen) atoms. The van der Waals surface area contributed by atoms with Crippen molar-refractivity contribution >= 4 is 109 Å². The summed E-state index contributed by atoms with van der Waals surface area (Å²) in [6.07, 6.45) is -0.0579. The van der Waals surface area contributed by atoms with E-state index in [4.69, 9.17) is 64.7 Å². The largest absolute Gasteiger partial charge is 2.00 e. The standard InChI is InChI=1S/C99H127N19O16.Zn/c1-54(2)47-73(93(126)109-74(48-55(3)4)94(127)110-75(95(128)129)49-58-28-32-60(119)33-29-58)108-92(125)71(27-20-39-103-96(100)101)107-91(124)57(7)104-77(121)51-72(56(5)6)106-76(120)38-41-130-43-45-132-46-44-131-42-40-102-78(122)52-133-53-79(123)105-59-30-34-61(35-31-59)134-62-36-37-63-67(50-62)87-111-83(63)113-88-82-66(23-19-26-70(82)99(14,15)16)86(116-88)117-89-80-64(21-17-24-68(80)97(8,9)10)84(114-89)112-85-65-22-18-25-69(98(11,12)13)81(65)90(115-85)118-87;/h17-19,21-26,28-37,50,54-57,71-75,119H,20,27,38-49,51-53H2,1-16H3,(H,102,122)(H,104,121)(H,105,123)(H,106,120)(H,107,124)(H,108,125)(H,109,126)(H,110,127)(H,128,129)(H4,100,101,103)(H2,111,112,113,114,115,116,117,118);/q;+2/p-2/t57-,71-,72+,73-,74-,75-;/m0./s1. The minimum atomic E-state index is -1.58. The number of amides is 8. The minimum absolute atomic E-state index is 0. The van der Waals surface area contributed by atoms with Crippen LogP contribution in [0.4, 0.5) is 5.69 Å². The first-order chi connectivity index (χ1) is 63.5. The topological polar surface area (TPSA) is 513 Å². The van der Waals surface area contributed by atoms with Crippen LogP contribution in [0.2, 0.25) is 0 Å². The number of aromatic amines is 2. The molecule has 11 rings (SSSR count). The molecule has 0 saturated carbocycles. The molecular weight excluding hydrogens is 1780 g/mol. The maximum Gasteiger partial charge on any atom is 2.00 e. The molecule has 0 fully saturated rings. The predicted molar refractivity (Wildman–Crippen MR) is 508 cm³/mol. The van der Waals surface area contributed by atoms with E-state index in [1.165, 1.54) is 31.2 Å². The molecule has 6 atom stereocenters. The number of carboxylic acids is 1. The number of benzene rings is 6. The first-order valence-electron chi connectivity index (χ1n) is 45.4. The normalized spacial score (nSPS) is 13.3. The summed E-state index contributed by atoms with van der Waals surface area (Å²) in [5.74, 6) is -4.85. The molecule has 0 spiro atoms. The van der Waals surface area contributed by atoms with E-state index in [2.05, 4.69) is 169 Å². The van der Waals surface area contributed by atoms with Gasteiger partial charge in [0.1, 0.15) is 71.5 Å². The van der Waals surface area contributed by atoms with Gasteiger partial charge in [0.2, 0.25) is 47.3 Å². The van der Waals surface area contributed by atoms with Crippen molar-refractivity contribution in [2.45, 2.75) is 208 Å². The smallest absolute Gasteiger partial charge is 0.872 e. The fourth-order valence-electron chi connectivity index (χ4n) is 15.7. The summed E-state index contributed by atoms with van der Waals surface area (Å²) in [5, 5.41) is 59.1. The Morgan fingerprint density at radius 1 is 0.467 bits per heavy atom. The molecule has 0 saturated heterocycles. The van der Waals surface area contributed by atoms with Crippen LogP contribution >= 0.6 is 0 Å². The number of carbonyl (C=O) groups is 9. The van der Waals surface area contributed by atoms with Gasteiger partial charge >= 0.3 is 19.5 Å². The third kappa shape index (κ3) is 28.9. The van der Waals surface area contributed by atoms with Gasteiger partial charge in [-0.3, -0.25) is 43.8 Å². The molecule has 714 valence electrons. The summed E-state index contributed by atoms with van der Waals surface area (Å²) < 4.78 is 28.8. The Balaban J connectivity index is 0.0000189. The Kier molecular flexibility index (Phi) is 36.3. The van der Waals surface area contributed by atoms with Crippen molar-refractivity contribution in [3.05, 3.63) is 144 Å². The van der Waals surface area contributed by atoms with Crippen LogP contribution < -0.4 is 68.5 Å². The van der Waals surface area contributed by atoms with Gasteiger partial charge in [-0.25, -0.2) is 29.9 Å². The van der Waals surface area contributed by atoms with Crippen LogP contribution in [0.15, 0.2) is 121 Å². The van der Waals surface area contributed by atoms with E-state index < -0.39 is 90.2 Å². The van der Waals surface area contributed by atoms with Gasteiger partial charge < -0.3 is 102 Å². The van der Waals surface area contributed by atoms with Gasteiger partial charge in [-0.15, -0.1) is 5.75 Å². The maximum atomic E-state index is 14.2. The zero-order chi connectivity index (χ0) is 97.0. The van der Waals surface area contributed by atoms with Crippen molar-refractivity contribution in [1.29, 1.82) is 5.41 Å². The number of hydrogen-bond acceptors (Lipinski definition) is 23. The summed E-state index contributed by atoms with van der Waals surface area (Å²) in [6.45, 7) is 32.5. The van der Waals surface area contributed by atoms with Crippen LogP contribution in [0, 0.1) is 23.2 Å². The third-order valence-corrected chi connectivity index (χ3v) is 22.5. The molecule has 0 radical (unpaired) electrons. The van der Waals surface area contributed by atoms with Gasteiger partial charge in [0.05, 0.1) is 51.7 Å². The number of nitrogens with zero attached hydrogens (tertiary/aromatic N) is 6. The van der Waals surface area contributed by atoms with Gasteiger partial charge in [0.15, 0.2) is 29.3 Å². The van der Waals surface area contributed by atoms with Crippen molar-refractivity contribution < 1.29 is 96.5 Å². The molecule has 5 heterocycles. The molecule has 0 unspecified atom stereocenters. The average Bonchev–Trinajstić information content (AvgIpc) is 1.58. The molecule has 14 N–H and O–H groups in total. The van der Waals surface area contributed by atoms with Crippen LogP contribution in [0.3, 0.4) is 0 Å². The average molecular weight is 1900 g/mol. The van der Waals surface area contributed by atoms with Gasteiger partial charge in [-0.2, -0.15) is 0 Å². The molecule has 9 aromatic rings. The number of nitrogens with one attached hydrogen (secondary N) is 12. The zero-order valence-electron chi connectivity index (χ0n) is 79.8. The van der Waals surface area contributed by atoms with Gasteiger partial charge in [0.25, 0.3) is 0 Å².